The Balaban J connectivity index is 1.69. The molecule has 0 N–H and O–H groups in total. The molecule has 1 saturated heterocycles. The maximum Gasteiger partial charge on any atom is 0.266 e. The summed E-state index contributed by atoms with van der Waals surface area (Å²) in [6.07, 6.45) is 2.96. The van der Waals surface area contributed by atoms with Gasteiger partial charge < -0.3 is 9.30 Å². The Hall–Kier alpha value is -3.25. The van der Waals surface area contributed by atoms with Gasteiger partial charge in [0, 0.05) is 18.4 Å². The van der Waals surface area contributed by atoms with Crippen LogP contribution >= 0.6 is 11.8 Å². The van der Waals surface area contributed by atoms with Crippen LogP contribution in [0, 0.1) is 20.8 Å². The lowest BCUT2D eigenvalue weighted by Crippen LogP contribution is -2.23. The van der Waals surface area contributed by atoms with E-state index in [4.69, 9.17) is 4.74 Å². The number of hydrogen-bond acceptors (Lipinski definition) is 4. The van der Waals surface area contributed by atoms with Crippen molar-refractivity contribution in [3.63, 3.8) is 0 Å². The Kier molecular flexibility index (Phi) is 6.47. The van der Waals surface area contributed by atoms with Crippen LogP contribution in [0.3, 0.4) is 0 Å². The van der Waals surface area contributed by atoms with Crippen molar-refractivity contribution in [3.8, 4) is 11.4 Å². The van der Waals surface area contributed by atoms with Crippen LogP contribution in [0.1, 0.15) is 35.0 Å². The number of ether oxygens (including phenoxy) is 1. The van der Waals surface area contributed by atoms with Crippen LogP contribution in [0.25, 0.3) is 11.8 Å². The molecular weight excluding hydrogens is 430 g/mol. The number of thioether (sulfide) groups is 1. The molecule has 1 aliphatic rings. The molecule has 0 spiro atoms. The average Bonchev–Trinajstić information content (AvgIpc) is 3.23. The number of amides is 1. The molecule has 33 heavy (non-hydrogen) atoms. The molecule has 2 aromatic carbocycles. The Morgan fingerprint density at radius 3 is 2.48 bits per heavy atom. The molecule has 0 saturated carbocycles. The third kappa shape index (κ3) is 4.35. The Labute approximate surface area is 199 Å². The summed E-state index contributed by atoms with van der Waals surface area (Å²) in [6.45, 7) is 8.57. The van der Waals surface area contributed by atoms with Gasteiger partial charge in [0.25, 0.3) is 5.91 Å². The Bertz CT molecular complexity index is 1270. The molecule has 170 valence electrons. The quantitative estimate of drug-likeness (QED) is 0.426. The second kappa shape index (κ2) is 9.32. The summed E-state index contributed by atoms with van der Waals surface area (Å²) >= 11 is 1.40. The number of aromatic nitrogens is 1. The van der Waals surface area contributed by atoms with Crippen molar-refractivity contribution >= 4 is 34.6 Å². The van der Waals surface area contributed by atoms with Gasteiger partial charge in [0.1, 0.15) is 5.75 Å². The van der Waals surface area contributed by atoms with Crippen LogP contribution in [-0.2, 0) is 11.2 Å². The van der Waals surface area contributed by atoms with E-state index in [9.17, 15) is 4.79 Å². The zero-order valence-electron chi connectivity index (χ0n) is 20.0. The minimum absolute atomic E-state index is 0.0396. The smallest absolute Gasteiger partial charge is 0.266 e. The van der Waals surface area contributed by atoms with Crippen molar-refractivity contribution in [1.29, 1.82) is 0 Å². The first-order valence-electron chi connectivity index (χ1n) is 11.0. The number of carbonyl (C=O) groups is 1. The first-order chi connectivity index (χ1) is 15.8. The van der Waals surface area contributed by atoms with E-state index in [-0.39, 0.29) is 5.91 Å². The number of benzene rings is 2. The van der Waals surface area contributed by atoms with Crippen molar-refractivity contribution in [2.45, 2.75) is 34.1 Å². The van der Waals surface area contributed by atoms with Crippen molar-refractivity contribution < 1.29 is 9.53 Å². The van der Waals surface area contributed by atoms with Crippen LogP contribution in [0.5, 0.6) is 5.75 Å². The monoisotopic (exact) mass is 459 g/mol. The molecule has 1 fully saturated rings. The van der Waals surface area contributed by atoms with Gasteiger partial charge in [-0.1, -0.05) is 25.1 Å². The normalized spacial score (nSPS) is 16.3. The zero-order valence-corrected chi connectivity index (χ0v) is 20.8. The molecule has 1 aliphatic heterocycles. The molecular formula is C27H29N3O2S. The summed E-state index contributed by atoms with van der Waals surface area (Å²) < 4.78 is 7.51. The number of rotatable bonds is 5. The van der Waals surface area contributed by atoms with Crippen molar-refractivity contribution in [2.24, 2.45) is 4.99 Å². The molecule has 0 atom stereocenters. The lowest BCUT2D eigenvalue weighted by molar-refractivity contribution is -0.121. The summed E-state index contributed by atoms with van der Waals surface area (Å²) in [6, 6.07) is 16.1. The predicted molar refractivity (Wildman–Crippen MR) is 138 cm³/mol. The largest absolute Gasteiger partial charge is 0.497 e. The highest BCUT2D eigenvalue weighted by atomic mass is 32.2. The third-order valence-electron chi connectivity index (χ3n) is 5.98. The fraction of sp³-hybridized carbons (Fsp3) is 0.259. The van der Waals surface area contributed by atoms with E-state index in [0.717, 1.165) is 34.8 Å². The molecule has 6 heteroatoms. The van der Waals surface area contributed by atoms with E-state index in [1.807, 2.05) is 30.3 Å². The summed E-state index contributed by atoms with van der Waals surface area (Å²) in [7, 11) is 3.40. The van der Waals surface area contributed by atoms with Gasteiger partial charge in [0.05, 0.1) is 23.4 Å². The molecule has 0 bridgehead atoms. The summed E-state index contributed by atoms with van der Waals surface area (Å²) in [5, 5.41) is 0.664. The standard InChI is InChI=1S/C27H29N3O2S/c1-7-20-10-8-9-17(2)25(20)30-18(3)15-21(19(30)4)16-24-26(31)29(5)27(33-24)28-22-11-13-23(32-6)14-12-22/h8-16H,7H2,1-6H3/b24-16-,28-27?. The highest BCUT2D eigenvalue weighted by molar-refractivity contribution is 8.18. The topological polar surface area (TPSA) is 46.8 Å². The van der Waals surface area contributed by atoms with Gasteiger partial charge in [0.2, 0.25) is 0 Å². The van der Waals surface area contributed by atoms with Gasteiger partial charge in [-0.3, -0.25) is 9.69 Å². The third-order valence-corrected chi connectivity index (χ3v) is 7.04. The van der Waals surface area contributed by atoms with Gasteiger partial charge >= 0.3 is 0 Å². The zero-order chi connectivity index (χ0) is 23.7. The molecule has 2 heterocycles. The molecule has 4 rings (SSSR count). The van der Waals surface area contributed by atoms with E-state index in [1.54, 1.807) is 19.1 Å². The lowest BCUT2D eigenvalue weighted by atomic mass is 10.1. The summed E-state index contributed by atoms with van der Waals surface area (Å²) in [4.78, 5) is 19.9. The number of hydrogen-bond donors (Lipinski definition) is 0. The van der Waals surface area contributed by atoms with Crippen LogP contribution in [0.2, 0.25) is 0 Å². The minimum atomic E-state index is -0.0396. The first-order valence-corrected chi connectivity index (χ1v) is 11.8. The van der Waals surface area contributed by atoms with E-state index >= 15 is 0 Å². The maximum absolute atomic E-state index is 13.0. The van der Waals surface area contributed by atoms with Crippen molar-refractivity contribution in [3.05, 3.63) is 81.5 Å². The number of methoxy groups -OCH3 is 1. The number of carbonyl (C=O) groups excluding carboxylic acids is 1. The van der Waals surface area contributed by atoms with Gasteiger partial charge in [-0.2, -0.15) is 0 Å². The van der Waals surface area contributed by atoms with Crippen molar-refractivity contribution in [1.82, 2.24) is 9.47 Å². The van der Waals surface area contributed by atoms with E-state index in [0.29, 0.717) is 10.1 Å². The first kappa shape index (κ1) is 22.9. The van der Waals surface area contributed by atoms with E-state index < -0.39 is 0 Å². The highest BCUT2D eigenvalue weighted by Crippen LogP contribution is 2.35. The number of amidine groups is 1. The van der Waals surface area contributed by atoms with Crippen LogP contribution in [0.15, 0.2) is 58.4 Å². The highest BCUT2D eigenvalue weighted by Gasteiger charge is 2.31. The summed E-state index contributed by atoms with van der Waals surface area (Å²) in [5.74, 6) is 0.737. The molecule has 3 aromatic rings. The van der Waals surface area contributed by atoms with Gasteiger partial charge in [-0.25, -0.2) is 4.99 Å². The maximum atomic E-state index is 13.0. The molecule has 0 unspecified atom stereocenters. The molecule has 5 nitrogen and oxygen atoms in total. The fourth-order valence-electron chi connectivity index (χ4n) is 4.16. The van der Waals surface area contributed by atoms with Crippen LogP contribution in [0.4, 0.5) is 5.69 Å². The van der Waals surface area contributed by atoms with Gasteiger partial charge in [-0.15, -0.1) is 0 Å². The average molecular weight is 460 g/mol. The van der Waals surface area contributed by atoms with Crippen molar-refractivity contribution in [2.75, 3.05) is 14.2 Å². The Morgan fingerprint density at radius 2 is 1.82 bits per heavy atom. The van der Waals surface area contributed by atoms with Gasteiger partial charge in [0.15, 0.2) is 5.17 Å². The number of likely N-dealkylation sites (N-methyl/N-ethyl adjacent to an activating group) is 1. The van der Waals surface area contributed by atoms with Crippen LogP contribution < -0.4 is 4.74 Å². The molecule has 0 aliphatic carbocycles. The molecule has 0 radical (unpaired) electrons. The summed E-state index contributed by atoms with van der Waals surface area (Å²) in [5.41, 5.74) is 7.91. The number of aryl methyl sites for hydroxylation is 3. The number of aliphatic imine (C=N–C) groups is 1. The van der Waals surface area contributed by atoms with E-state index in [2.05, 4.69) is 61.5 Å². The lowest BCUT2D eigenvalue weighted by Gasteiger charge is -2.17. The Morgan fingerprint density at radius 1 is 1.09 bits per heavy atom. The number of para-hydroxylation sites is 1. The number of nitrogens with zero attached hydrogens (tertiary/aromatic N) is 3. The van der Waals surface area contributed by atoms with Gasteiger partial charge in [-0.05, 0) is 92.1 Å². The SMILES string of the molecule is CCc1cccc(C)c1-n1c(C)cc(/C=C2\SC(=Nc3ccc(OC)cc3)N(C)C2=O)c1C. The second-order valence-electron chi connectivity index (χ2n) is 8.17. The van der Waals surface area contributed by atoms with Crippen LogP contribution in [-0.4, -0.2) is 34.7 Å². The molecule has 1 aromatic heterocycles. The second-order valence-corrected chi connectivity index (χ2v) is 9.17. The van der Waals surface area contributed by atoms with E-state index in [1.165, 1.54) is 28.6 Å². The fourth-order valence-corrected chi connectivity index (χ4v) is 5.14. The minimum Gasteiger partial charge on any atom is -0.497 e. The predicted octanol–water partition coefficient (Wildman–Crippen LogP) is 6.21. The molecule has 1 amide bonds.